The van der Waals surface area contributed by atoms with Gasteiger partial charge in [-0.1, -0.05) is 176 Å². The fourth-order valence-electron chi connectivity index (χ4n) is 10.2. The van der Waals surface area contributed by atoms with Gasteiger partial charge in [-0.05, 0) is 129 Å². The highest BCUT2D eigenvalue weighted by molar-refractivity contribution is 6.14. The number of furan rings is 1. The Morgan fingerprint density at radius 2 is 0.866 bits per heavy atom. The molecule has 2 aromatic heterocycles. The average molecular weight is 855 g/mol. The van der Waals surface area contributed by atoms with Gasteiger partial charge in [-0.15, -0.1) is 0 Å². The maximum atomic E-state index is 6.41. The Labute approximate surface area is 388 Å². The molecule has 0 aliphatic heterocycles. The second kappa shape index (κ2) is 16.0. The zero-order chi connectivity index (χ0) is 44.3. The van der Waals surface area contributed by atoms with Crippen molar-refractivity contribution < 1.29 is 4.42 Å². The molecule has 67 heavy (non-hydrogen) atoms. The van der Waals surface area contributed by atoms with Crippen LogP contribution in [0.5, 0.6) is 0 Å². The summed E-state index contributed by atoms with van der Waals surface area (Å²) in [6.45, 7) is 0. The quantitative estimate of drug-likeness (QED) is 0.152. The summed E-state index contributed by atoms with van der Waals surface area (Å²) in [4.78, 5) is 2.40. The van der Waals surface area contributed by atoms with Gasteiger partial charge < -0.3 is 13.9 Å². The lowest BCUT2D eigenvalue weighted by molar-refractivity contribution is 0.669. The first-order valence-electron chi connectivity index (χ1n) is 22.9. The van der Waals surface area contributed by atoms with Crippen LogP contribution in [0.25, 0.3) is 105 Å². The first kappa shape index (κ1) is 38.5. The van der Waals surface area contributed by atoms with E-state index in [9.17, 15) is 0 Å². The molecular weight excluding hydrogens is 813 g/mol. The van der Waals surface area contributed by atoms with Gasteiger partial charge in [0.05, 0.1) is 16.7 Å². The summed E-state index contributed by atoms with van der Waals surface area (Å²) in [5.41, 5.74) is 17.8. The standard InChI is InChI=1S/C64H42N2O/c1-2-16-45-40-50(34-33-43(45)15-1)49-20-12-21-52(41-49)65(59-28-7-5-25-56(59)57-27-14-32-63-64(57)58-26-6-10-31-62(58)67-63)51-37-35-44(36-38-51)46-17-11-18-47(39-46)48-19-13-22-53(42-48)66-60-29-8-3-23-54(60)55-24-4-9-30-61(55)66/h1-42H. The van der Waals surface area contributed by atoms with Crippen molar-refractivity contribution in [3.05, 3.63) is 255 Å². The Morgan fingerprint density at radius 3 is 1.67 bits per heavy atom. The number of anilines is 3. The van der Waals surface area contributed by atoms with Crippen LogP contribution < -0.4 is 4.90 Å². The summed E-state index contributed by atoms with van der Waals surface area (Å²) in [5.74, 6) is 0. The third-order valence-corrected chi connectivity index (χ3v) is 13.4. The third-order valence-electron chi connectivity index (χ3n) is 13.4. The molecule has 0 saturated carbocycles. The minimum Gasteiger partial charge on any atom is -0.456 e. The highest BCUT2D eigenvalue weighted by Crippen LogP contribution is 2.46. The molecule has 0 amide bonds. The highest BCUT2D eigenvalue weighted by Gasteiger charge is 2.21. The molecule has 0 fully saturated rings. The first-order chi connectivity index (χ1) is 33.2. The van der Waals surface area contributed by atoms with Crippen LogP contribution in [-0.2, 0) is 0 Å². The van der Waals surface area contributed by atoms with Gasteiger partial charge in [0.1, 0.15) is 11.2 Å². The molecule has 0 spiro atoms. The molecule has 0 radical (unpaired) electrons. The van der Waals surface area contributed by atoms with Gasteiger partial charge in [0.25, 0.3) is 0 Å². The lowest BCUT2D eigenvalue weighted by atomic mass is 9.96. The van der Waals surface area contributed by atoms with Crippen LogP contribution in [0, 0.1) is 0 Å². The van der Waals surface area contributed by atoms with Gasteiger partial charge in [-0.2, -0.15) is 0 Å². The van der Waals surface area contributed by atoms with Gasteiger partial charge in [0.15, 0.2) is 0 Å². The minimum absolute atomic E-state index is 0.878. The van der Waals surface area contributed by atoms with Crippen molar-refractivity contribution in [1.29, 1.82) is 0 Å². The molecule has 0 saturated heterocycles. The van der Waals surface area contributed by atoms with E-state index in [0.29, 0.717) is 0 Å². The number of para-hydroxylation sites is 4. The van der Waals surface area contributed by atoms with E-state index in [1.54, 1.807) is 0 Å². The Morgan fingerprint density at radius 1 is 0.313 bits per heavy atom. The number of benzene rings is 11. The second-order valence-corrected chi connectivity index (χ2v) is 17.3. The number of hydrogen-bond donors (Lipinski definition) is 0. The SMILES string of the molecule is c1cc(-c2ccc(N(c3cccc(-c4ccc5ccccc5c4)c3)c3ccccc3-c3cccc4oc5ccccc5c34)cc2)cc(-c2cccc(-n3c4ccccc4c4ccccc43)c2)c1. The number of hydrogen-bond acceptors (Lipinski definition) is 2. The van der Waals surface area contributed by atoms with Crippen LogP contribution in [-0.4, -0.2) is 4.57 Å². The van der Waals surface area contributed by atoms with Gasteiger partial charge in [0.2, 0.25) is 0 Å². The molecule has 0 atom stereocenters. The van der Waals surface area contributed by atoms with Crippen molar-refractivity contribution in [2.45, 2.75) is 0 Å². The maximum Gasteiger partial charge on any atom is 0.136 e. The summed E-state index contributed by atoms with van der Waals surface area (Å²) in [5, 5.41) is 7.21. The van der Waals surface area contributed by atoms with Crippen molar-refractivity contribution in [2.24, 2.45) is 0 Å². The Kier molecular flexibility index (Phi) is 9.17. The summed E-state index contributed by atoms with van der Waals surface area (Å²) in [6.07, 6.45) is 0. The second-order valence-electron chi connectivity index (χ2n) is 17.3. The molecule has 314 valence electrons. The zero-order valence-corrected chi connectivity index (χ0v) is 36.6. The molecule has 13 aromatic rings. The van der Waals surface area contributed by atoms with E-state index >= 15 is 0 Å². The van der Waals surface area contributed by atoms with Crippen molar-refractivity contribution in [3.8, 4) is 50.2 Å². The average Bonchev–Trinajstić information content (AvgIpc) is 3.95. The molecule has 3 heteroatoms. The maximum absolute atomic E-state index is 6.41. The molecule has 2 heterocycles. The lowest BCUT2D eigenvalue weighted by Crippen LogP contribution is -2.11. The van der Waals surface area contributed by atoms with Gasteiger partial charge in [-0.25, -0.2) is 0 Å². The van der Waals surface area contributed by atoms with Crippen LogP contribution in [0.4, 0.5) is 17.1 Å². The van der Waals surface area contributed by atoms with E-state index in [0.717, 1.165) is 72.5 Å². The summed E-state index contributed by atoms with van der Waals surface area (Å²) in [7, 11) is 0. The number of fused-ring (bicyclic) bond motifs is 7. The molecule has 0 aliphatic rings. The molecule has 11 aromatic carbocycles. The van der Waals surface area contributed by atoms with Crippen LogP contribution in [0.2, 0.25) is 0 Å². The molecule has 3 nitrogen and oxygen atoms in total. The molecule has 0 N–H and O–H groups in total. The zero-order valence-electron chi connectivity index (χ0n) is 36.6. The summed E-state index contributed by atoms with van der Waals surface area (Å²) >= 11 is 0. The van der Waals surface area contributed by atoms with Crippen LogP contribution in [0.3, 0.4) is 0 Å². The predicted molar refractivity (Wildman–Crippen MR) is 282 cm³/mol. The largest absolute Gasteiger partial charge is 0.456 e. The lowest BCUT2D eigenvalue weighted by Gasteiger charge is -2.28. The minimum atomic E-state index is 0.878. The Bertz CT molecular complexity index is 3950. The first-order valence-corrected chi connectivity index (χ1v) is 22.9. The molecule has 0 unspecified atom stereocenters. The normalized spacial score (nSPS) is 11.6. The number of aromatic nitrogens is 1. The summed E-state index contributed by atoms with van der Waals surface area (Å²) < 4.78 is 8.79. The fourth-order valence-corrected chi connectivity index (χ4v) is 10.2. The third kappa shape index (κ3) is 6.67. The predicted octanol–water partition coefficient (Wildman–Crippen LogP) is 18.0. The van der Waals surface area contributed by atoms with E-state index in [1.165, 1.54) is 49.3 Å². The molecule has 0 aliphatic carbocycles. The fraction of sp³-hybridized carbons (Fsp3) is 0. The monoisotopic (exact) mass is 854 g/mol. The number of rotatable bonds is 8. The van der Waals surface area contributed by atoms with Gasteiger partial charge in [-0.3, -0.25) is 0 Å². The van der Waals surface area contributed by atoms with Gasteiger partial charge in [0, 0.05) is 44.2 Å². The smallest absolute Gasteiger partial charge is 0.136 e. The topological polar surface area (TPSA) is 21.3 Å². The highest BCUT2D eigenvalue weighted by atomic mass is 16.3. The molecular formula is C64H42N2O. The van der Waals surface area contributed by atoms with Crippen molar-refractivity contribution in [3.63, 3.8) is 0 Å². The summed E-state index contributed by atoms with van der Waals surface area (Å²) in [6, 6.07) is 92.0. The van der Waals surface area contributed by atoms with Crippen LogP contribution >= 0.6 is 0 Å². The Balaban J connectivity index is 0.914. The van der Waals surface area contributed by atoms with Crippen LogP contribution in [0.1, 0.15) is 0 Å². The van der Waals surface area contributed by atoms with Crippen molar-refractivity contribution in [1.82, 2.24) is 4.57 Å². The van der Waals surface area contributed by atoms with E-state index in [-0.39, 0.29) is 0 Å². The Hall–Kier alpha value is -8.92. The number of nitrogens with zero attached hydrogens (tertiary/aromatic N) is 2. The molecule has 13 rings (SSSR count). The van der Waals surface area contributed by atoms with E-state index in [2.05, 4.69) is 258 Å². The van der Waals surface area contributed by atoms with E-state index < -0.39 is 0 Å². The van der Waals surface area contributed by atoms with E-state index in [1.807, 2.05) is 6.07 Å². The van der Waals surface area contributed by atoms with Gasteiger partial charge >= 0.3 is 0 Å². The van der Waals surface area contributed by atoms with Crippen molar-refractivity contribution in [2.75, 3.05) is 4.90 Å². The van der Waals surface area contributed by atoms with Crippen LogP contribution in [0.15, 0.2) is 259 Å². The van der Waals surface area contributed by atoms with E-state index in [4.69, 9.17) is 4.42 Å². The van der Waals surface area contributed by atoms with Crippen molar-refractivity contribution >= 4 is 71.6 Å². The molecule has 0 bridgehead atoms.